The van der Waals surface area contributed by atoms with Crippen LogP contribution in [-0.2, 0) is 11.8 Å². The summed E-state index contributed by atoms with van der Waals surface area (Å²) in [7, 11) is 1.74. The van der Waals surface area contributed by atoms with E-state index < -0.39 is 0 Å². The fraction of sp³-hybridized carbons (Fsp3) is 0.615. The van der Waals surface area contributed by atoms with Crippen LogP contribution in [0.1, 0.15) is 31.2 Å². The van der Waals surface area contributed by atoms with E-state index in [0.717, 1.165) is 11.8 Å². The van der Waals surface area contributed by atoms with Gasteiger partial charge in [-0.05, 0) is 37.0 Å². The summed E-state index contributed by atoms with van der Waals surface area (Å²) < 4.78 is 1.54. The van der Waals surface area contributed by atoms with Crippen molar-refractivity contribution in [2.45, 2.75) is 25.7 Å². The molecule has 0 radical (unpaired) electrons. The van der Waals surface area contributed by atoms with E-state index in [1.165, 1.54) is 19.3 Å². The molecule has 2 aliphatic carbocycles. The van der Waals surface area contributed by atoms with Gasteiger partial charge in [0.2, 0.25) is 5.91 Å². The van der Waals surface area contributed by atoms with E-state index in [1.807, 2.05) is 6.07 Å². The van der Waals surface area contributed by atoms with Crippen LogP contribution in [0.15, 0.2) is 6.20 Å². The predicted octanol–water partition coefficient (Wildman–Crippen LogP) is 1.67. The molecule has 1 aromatic heterocycles. The third kappa shape index (κ3) is 1.99. The van der Waals surface area contributed by atoms with Crippen molar-refractivity contribution in [1.29, 1.82) is 5.26 Å². The molecule has 0 aromatic carbocycles. The fourth-order valence-corrected chi connectivity index (χ4v) is 3.16. The molecule has 5 heteroatoms. The standard InChI is InChI=1S/C13H16N4O/c1-17-7-10(6-14)13(16-17)15-12(18)5-9-3-2-8-4-11(8)9/h7-9,11H,2-5H2,1H3,(H,15,16,18). The number of rotatable bonds is 3. The fourth-order valence-electron chi connectivity index (χ4n) is 3.16. The second-order valence-electron chi connectivity index (χ2n) is 5.43. The van der Waals surface area contributed by atoms with Gasteiger partial charge in [0.05, 0.1) is 0 Å². The summed E-state index contributed by atoms with van der Waals surface area (Å²) in [5.74, 6) is 2.60. The number of carbonyl (C=O) groups is 1. The van der Waals surface area contributed by atoms with Gasteiger partial charge in [-0.2, -0.15) is 10.4 Å². The van der Waals surface area contributed by atoms with Crippen molar-refractivity contribution in [3.63, 3.8) is 0 Å². The van der Waals surface area contributed by atoms with E-state index >= 15 is 0 Å². The van der Waals surface area contributed by atoms with Crippen LogP contribution in [0.3, 0.4) is 0 Å². The number of nitriles is 1. The summed E-state index contributed by atoms with van der Waals surface area (Å²) >= 11 is 0. The van der Waals surface area contributed by atoms with Gasteiger partial charge >= 0.3 is 0 Å². The Morgan fingerprint density at radius 2 is 2.50 bits per heavy atom. The zero-order valence-electron chi connectivity index (χ0n) is 10.4. The molecule has 18 heavy (non-hydrogen) atoms. The van der Waals surface area contributed by atoms with Crippen LogP contribution in [0.5, 0.6) is 0 Å². The van der Waals surface area contributed by atoms with Crippen molar-refractivity contribution in [3.8, 4) is 6.07 Å². The van der Waals surface area contributed by atoms with Gasteiger partial charge in [0.25, 0.3) is 0 Å². The molecule has 1 N–H and O–H groups in total. The van der Waals surface area contributed by atoms with Crippen molar-refractivity contribution >= 4 is 11.7 Å². The molecular formula is C13H16N4O. The van der Waals surface area contributed by atoms with E-state index in [1.54, 1.807) is 17.9 Å². The molecule has 2 aliphatic rings. The summed E-state index contributed by atoms with van der Waals surface area (Å²) in [5.41, 5.74) is 0.418. The van der Waals surface area contributed by atoms with E-state index in [0.29, 0.717) is 23.7 Å². The van der Waals surface area contributed by atoms with Crippen molar-refractivity contribution in [2.24, 2.45) is 24.8 Å². The molecule has 1 amide bonds. The number of amides is 1. The molecule has 3 atom stereocenters. The number of aryl methyl sites for hydroxylation is 1. The number of nitrogens with zero attached hydrogens (tertiary/aromatic N) is 3. The molecular weight excluding hydrogens is 228 g/mol. The first-order valence-corrected chi connectivity index (χ1v) is 6.41. The molecule has 3 unspecified atom stereocenters. The Kier molecular flexibility index (Phi) is 2.58. The molecule has 0 spiro atoms. The molecule has 2 fully saturated rings. The first-order chi connectivity index (χ1) is 8.67. The highest BCUT2D eigenvalue weighted by molar-refractivity contribution is 5.91. The number of anilines is 1. The van der Waals surface area contributed by atoms with Crippen LogP contribution in [0.4, 0.5) is 5.82 Å². The Bertz CT molecular complexity index is 528. The molecule has 2 saturated carbocycles. The van der Waals surface area contributed by atoms with Crippen molar-refractivity contribution in [1.82, 2.24) is 9.78 Å². The molecule has 94 valence electrons. The molecule has 0 saturated heterocycles. The lowest BCUT2D eigenvalue weighted by Crippen LogP contribution is -2.17. The largest absolute Gasteiger partial charge is 0.308 e. The number of fused-ring (bicyclic) bond motifs is 1. The lowest BCUT2D eigenvalue weighted by molar-refractivity contribution is -0.117. The summed E-state index contributed by atoms with van der Waals surface area (Å²) in [4.78, 5) is 11.9. The molecule has 0 bridgehead atoms. The van der Waals surface area contributed by atoms with Crippen molar-refractivity contribution < 1.29 is 4.79 Å². The van der Waals surface area contributed by atoms with Crippen molar-refractivity contribution in [3.05, 3.63) is 11.8 Å². The quantitative estimate of drug-likeness (QED) is 0.879. The normalized spacial score (nSPS) is 28.6. The summed E-state index contributed by atoms with van der Waals surface area (Å²) in [5, 5.41) is 15.8. The van der Waals surface area contributed by atoms with Gasteiger partial charge in [0, 0.05) is 19.7 Å². The third-order valence-electron chi connectivity index (χ3n) is 4.15. The van der Waals surface area contributed by atoms with Crippen LogP contribution in [-0.4, -0.2) is 15.7 Å². The highest BCUT2D eigenvalue weighted by Crippen LogP contribution is 2.56. The monoisotopic (exact) mass is 244 g/mol. The molecule has 3 rings (SSSR count). The summed E-state index contributed by atoms with van der Waals surface area (Å²) in [6, 6.07) is 2.03. The van der Waals surface area contributed by atoms with E-state index in [4.69, 9.17) is 5.26 Å². The average Bonchev–Trinajstić information content (AvgIpc) is 2.89. The SMILES string of the molecule is Cn1cc(C#N)c(NC(=O)CC2CCC3CC23)n1. The average molecular weight is 244 g/mol. The number of carbonyl (C=O) groups excluding carboxylic acids is 1. The third-order valence-corrected chi connectivity index (χ3v) is 4.15. The maximum absolute atomic E-state index is 11.9. The smallest absolute Gasteiger partial charge is 0.225 e. The van der Waals surface area contributed by atoms with E-state index in [-0.39, 0.29) is 5.91 Å². The van der Waals surface area contributed by atoms with Gasteiger partial charge in [-0.15, -0.1) is 0 Å². The molecule has 1 heterocycles. The van der Waals surface area contributed by atoms with Crippen LogP contribution >= 0.6 is 0 Å². The highest BCUT2D eigenvalue weighted by atomic mass is 16.1. The Morgan fingerprint density at radius 3 is 3.11 bits per heavy atom. The second-order valence-corrected chi connectivity index (χ2v) is 5.43. The first kappa shape index (κ1) is 11.3. The topological polar surface area (TPSA) is 70.7 Å². The highest BCUT2D eigenvalue weighted by Gasteiger charge is 2.48. The van der Waals surface area contributed by atoms with E-state index in [9.17, 15) is 4.79 Å². The van der Waals surface area contributed by atoms with Gasteiger partial charge in [-0.3, -0.25) is 9.48 Å². The van der Waals surface area contributed by atoms with Crippen molar-refractivity contribution in [2.75, 3.05) is 5.32 Å². The minimum Gasteiger partial charge on any atom is -0.308 e. The minimum absolute atomic E-state index is 0.0113. The van der Waals surface area contributed by atoms with Crippen LogP contribution in [0.25, 0.3) is 0 Å². The van der Waals surface area contributed by atoms with Crippen LogP contribution < -0.4 is 5.32 Å². The molecule has 5 nitrogen and oxygen atoms in total. The number of aromatic nitrogens is 2. The van der Waals surface area contributed by atoms with Gasteiger partial charge in [0.1, 0.15) is 11.6 Å². The van der Waals surface area contributed by atoms with Crippen LogP contribution in [0.2, 0.25) is 0 Å². The second kappa shape index (κ2) is 4.13. The van der Waals surface area contributed by atoms with Gasteiger partial charge in [0.15, 0.2) is 5.82 Å². The van der Waals surface area contributed by atoms with Gasteiger partial charge in [-0.25, -0.2) is 0 Å². The summed E-state index contributed by atoms with van der Waals surface area (Å²) in [6.45, 7) is 0. The minimum atomic E-state index is -0.0113. The van der Waals surface area contributed by atoms with Gasteiger partial charge in [-0.1, -0.05) is 0 Å². The Labute approximate surface area is 106 Å². The zero-order chi connectivity index (χ0) is 12.7. The summed E-state index contributed by atoms with van der Waals surface area (Å²) in [6.07, 6.45) is 5.96. The lowest BCUT2D eigenvalue weighted by Gasteiger charge is -2.10. The number of hydrogen-bond acceptors (Lipinski definition) is 3. The Hall–Kier alpha value is -1.83. The first-order valence-electron chi connectivity index (χ1n) is 6.41. The van der Waals surface area contributed by atoms with Gasteiger partial charge < -0.3 is 5.32 Å². The molecule has 1 aromatic rings. The Morgan fingerprint density at radius 1 is 1.67 bits per heavy atom. The maximum atomic E-state index is 11.9. The zero-order valence-corrected chi connectivity index (χ0v) is 10.4. The predicted molar refractivity (Wildman–Crippen MR) is 65.5 cm³/mol. The number of nitrogens with one attached hydrogen (secondary N) is 1. The maximum Gasteiger partial charge on any atom is 0.225 e. The van der Waals surface area contributed by atoms with Crippen LogP contribution in [0, 0.1) is 29.1 Å². The van der Waals surface area contributed by atoms with E-state index in [2.05, 4.69) is 10.4 Å². The number of hydrogen-bond donors (Lipinski definition) is 1. The molecule has 0 aliphatic heterocycles. The lowest BCUT2D eigenvalue weighted by atomic mass is 9.99. The Balaban J connectivity index is 1.61.